The van der Waals surface area contributed by atoms with E-state index in [1.807, 2.05) is 48.5 Å². The van der Waals surface area contributed by atoms with Crippen LogP contribution in [-0.2, 0) is 0 Å². The van der Waals surface area contributed by atoms with Gasteiger partial charge in [-0.25, -0.2) is 0 Å². The highest BCUT2D eigenvalue weighted by Crippen LogP contribution is 2.30. The van der Waals surface area contributed by atoms with Gasteiger partial charge < -0.3 is 4.42 Å². The van der Waals surface area contributed by atoms with E-state index in [1.165, 1.54) is 0 Å². The van der Waals surface area contributed by atoms with Crippen molar-refractivity contribution in [2.45, 2.75) is 6.92 Å². The van der Waals surface area contributed by atoms with Gasteiger partial charge >= 0.3 is 0 Å². The molecule has 3 rings (SSSR count). The molecule has 0 amide bonds. The number of aryl methyl sites for hydroxylation is 1. The van der Waals surface area contributed by atoms with E-state index in [9.17, 15) is 0 Å². The minimum absolute atomic E-state index is 0.551. The molecule has 0 aliphatic carbocycles. The first kappa shape index (κ1) is 11.2. The molecule has 1 aromatic heterocycles. The molecule has 0 bridgehead atoms. The summed E-state index contributed by atoms with van der Waals surface area (Å²) >= 11 is 5.33. The van der Waals surface area contributed by atoms with Crippen molar-refractivity contribution >= 4 is 23.0 Å². The lowest BCUT2D eigenvalue weighted by atomic mass is 10.0. The maximum absolute atomic E-state index is 5.82. The largest absolute Gasteiger partial charge is 0.444 e. The lowest BCUT2D eigenvalue weighted by Crippen LogP contribution is -1.86. The van der Waals surface area contributed by atoms with E-state index >= 15 is 0 Å². The average molecular weight is 252 g/mol. The normalized spacial score (nSPS) is 10.7. The Balaban J connectivity index is 2.39. The molecule has 2 heteroatoms. The second-order valence-electron chi connectivity index (χ2n) is 4.26. The van der Waals surface area contributed by atoms with Crippen LogP contribution in [0.2, 0.25) is 0 Å². The molecular formula is C16H12OS. The van der Waals surface area contributed by atoms with Gasteiger partial charge in [-0.15, -0.1) is 0 Å². The van der Waals surface area contributed by atoms with Crippen LogP contribution in [0.1, 0.15) is 5.56 Å². The highest BCUT2D eigenvalue weighted by Gasteiger charge is 2.09. The van der Waals surface area contributed by atoms with Crippen LogP contribution in [0.25, 0.3) is 22.1 Å². The fourth-order valence-electron chi connectivity index (χ4n) is 2.20. The minimum atomic E-state index is 0.551. The first-order chi connectivity index (χ1) is 8.77. The second-order valence-corrected chi connectivity index (χ2v) is 4.63. The van der Waals surface area contributed by atoms with Crippen molar-refractivity contribution < 1.29 is 4.42 Å². The molecule has 0 saturated carbocycles. The number of fused-ring (bicyclic) bond motifs is 1. The molecule has 3 aromatic rings. The van der Waals surface area contributed by atoms with Crippen LogP contribution in [0.4, 0.5) is 0 Å². The molecule has 0 radical (unpaired) electrons. The maximum Gasteiger partial charge on any atom is 0.198 e. The van der Waals surface area contributed by atoms with Crippen molar-refractivity contribution in [1.82, 2.24) is 0 Å². The SMILES string of the molecule is Cc1c(-c2ccccc2)oc(=S)c2ccccc12. The van der Waals surface area contributed by atoms with E-state index < -0.39 is 0 Å². The zero-order chi connectivity index (χ0) is 12.5. The third kappa shape index (κ3) is 1.75. The van der Waals surface area contributed by atoms with Crippen molar-refractivity contribution in [2.24, 2.45) is 0 Å². The average Bonchev–Trinajstić information content (AvgIpc) is 2.44. The minimum Gasteiger partial charge on any atom is -0.444 e. The zero-order valence-electron chi connectivity index (χ0n) is 10.0. The quantitative estimate of drug-likeness (QED) is 0.556. The molecule has 0 unspecified atom stereocenters. The molecule has 1 heterocycles. The predicted molar refractivity (Wildman–Crippen MR) is 77.2 cm³/mol. The highest BCUT2D eigenvalue weighted by atomic mass is 32.1. The molecule has 2 aromatic carbocycles. The molecule has 0 fully saturated rings. The van der Waals surface area contributed by atoms with Crippen molar-refractivity contribution in [3.05, 3.63) is 64.9 Å². The Bertz CT molecular complexity index is 757. The fraction of sp³-hybridized carbons (Fsp3) is 0.0625. The topological polar surface area (TPSA) is 13.1 Å². The van der Waals surface area contributed by atoms with Gasteiger partial charge in [-0.3, -0.25) is 0 Å². The Morgan fingerprint density at radius 2 is 1.44 bits per heavy atom. The molecule has 0 aliphatic heterocycles. The van der Waals surface area contributed by atoms with Crippen molar-refractivity contribution in [1.29, 1.82) is 0 Å². The Hall–Kier alpha value is -1.93. The number of rotatable bonds is 1. The summed E-state index contributed by atoms with van der Waals surface area (Å²) in [6, 6.07) is 18.2. The number of hydrogen-bond donors (Lipinski definition) is 0. The van der Waals surface area contributed by atoms with E-state index in [1.54, 1.807) is 0 Å². The van der Waals surface area contributed by atoms with E-state index in [0.29, 0.717) is 4.71 Å². The summed E-state index contributed by atoms with van der Waals surface area (Å²) in [7, 11) is 0. The monoisotopic (exact) mass is 252 g/mol. The van der Waals surface area contributed by atoms with Gasteiger partial charge in [-0.2, -0.15) is 0 Å². The van der Waals surface area contributed by atoms with Gasteiger partial charge in [0.25, 0.3) is 0 Å². The summed E-state index contributed by atoms with van der Waals surface area (Å²) in [5.41, 5.74) is 2.19. The summed E-state index contributed by atoms with van der Waals surface area (Å²) in [4.78, 5) is 0. The zero-order valence-corrected chi connectivity index (χ0v) is 10.8. The van der Waals surface area contributed by atoms with E-state index in [2.05, 4.69) is 13.0 Å². The van der Waals surface area contributed by atoms with Crippen LogP contribution in [0.5, 0.6) is 0 Å². The van der Waals surface area contributed by atoms with Crippen LogP contribution in [0.3, 0.4) is 0 Å². The van der Waals surface area contributed by atoms with Gasteiger partial charge in [0.2, 0.25) is 0 Å². The molecule has 0 spiro atoms. The van der Waals surface area contributed by atoms with Crippen LogP contribution >= 0.6 is 12.2 Å². The molecule has 1 nitrogen and oxygen atoms in total. The number of benzene rings is 2. The number of hydrogen-bond acceptors (Lipinski definition) is 2. The third-order valence-corrected chi connectivity index (χ3v) is 3.43. The van der Waals surface area contributed by atoms with Crippen LogP contribution < -0.4 is 0 Å². The molecule has 88 valence electrons. The van der Waals surface area contributed by atoms with E-state index in [-0.39, 0.29) is 0 Å². The highest BCUT2D eigenvalue weighted by molar-refractivity contribution is 7.71. The van der Waals surface area contributed by atoms with Gasteiger partial charge in [0.05, 0.1) is 0 Å². The van der Waals surface area contributed by atoms with Gasteiger partial charge in [0.1, 0.15) is 5.76 Å². The summed E-state index contributed by atoms with van der Waals surface area (Å²) < 4.78 is 6.37. The molecule has 18 heavy (non-hydrogen) atoms. The van der Waals surface area contributed by atoms with E-state index in [4.69, 9.17) is 16.6 Å². The lowest BCUT2D eigenvalue weighted by molar-refractivity contribution is 0.554. The lowest BCUT2D eigenvalue weighted by Gasteiger charge is -2.08. The summed E-state index contributed by atoms with van der Waals surface area (Å²) in [6.07, 6.45) is 0. The standard InChI is InChI=1S/C16H12OS/c1-11-13-9-5-6-10-14(13)16(18)17-15(11)12-7-3-2-4-8-12/h2-10H,1H3. The third-order valence-electron chi connectivity index (χ3n) is 3.12. The first-order valence-corrected chi connectivity index (χ1v) is 6.26. The van der Waals surface area contributed by atoms with Gasteiger partial charge in [-0.05, 0) is 30.6 Å². The van der Waals surface area contributed by atoms with Gasteiger partial charge in [-0.1, -0.05) is 48.5 Å². The van der Waals surface area contributed by atoms with Crippen LogP contribution in [0.15, 0.2) is 59.0 Å². The van der Waals surface area contributed by atoms with Gasteiger partial charge in [0, 0.05) is 16.5 Å². The van der Waals surface area contributed by atoms with Crippen molar-refractivity contribution in [3.63, 3.8) is 0 Å². The Kier molecular flexibility index (Phi) is 2.73. The first-order valence-electron chi connectivity index (χ1n) is 5.85. The summed E-state index contributed by atoms with van der Waals surface area (Å²) in [5.74, 6) is 0.860. The Morgan fingerprint density at radius 3 is 2.17 bits per heavy atom. The van der Waals surface area contributed by atoms with Crippen LogP contribution in [-0.4, -0.2) is 0 Å². The van der Waals surface area contributed by atoms with E-state index in [0.717, 1.165) is 27.7 Å². The van der Waals surface area contributed by atoms with Crippen molar-refractivity contribution in [2.75, 3.05) is 0 Å². The summed E-state index contributed by atoms with van der Waals surface area (Å²) in [5, 5.41) is 2.16. The van der Waals surface area contributed by atoms with Gasteiger partial charge in [0.15, 0.2) is 4.71 Å². The second kappa shape index (κ2) is 4.39. The smallest absolute Gasteiger partial charge is 0.198 e. The molecule has 0 aliphatic rings. The molecule has 0 atom stereocenters. The fourth-order valence-corrected chi connectivity index (χ4v) is 2.46. The Labute approximate surface area is 111 Å². The van der Waals surface area contributed by atoms with Crippen molar-refractivity contribution in [3.8, 4) is 11.3 Å². The predicted octanol–water partition coefficient (Wildman–Crippen LogP) is 5.14. The summed E-state index contributed by atoms with van der Waals surface area (Å²) in [6.45, 7) is 2.07. The molecule has 0 N–H and O–H groups in total. The molecule has 0 saturated heterocycles. The Morgan fingerprint density at radius 1 is 0.833 bits per heavy atom. The maximum atomic E-state index is 5.82. The van der Waals surface area contributed by atoms with Crippen LogP contribution in [0, 0.1) is 11.6 Å². The molecular weight excluding hydrogens is 240 g/mol.